The maximum atomic E-state index is 13.4. The summed E-state index contributed by atoms with van der Waals surface area (Å²) in [7, 11) is 0. The van der Waals surface area contributed by atoms with E-state index in [1.165, 1.54) is 38.2 Å². The zero-order valence-electron chi connectivity index (χ0n) is 11.1. The summed E-state index contributed by atoms with van der Waals surface area (Å²) in [5.74, 6) is 0.0358. The smallest absolute Gasteiger partial charge is 0.295 e. The molecule has 1 aromatic rings. The van der Waals surface area contributed by atoms with Crippen LogP contribution in [-0.4, -0.2) is 11.5 Å². The van der Waals surface area contributed by atoms with Gasteiger partial charge in [-0.2, -0.15) is 0 Å². The van der Waals surface area contributed by atoms with Crippen molar-refractivity contribution in [2.75, 3.05) is 11.9 Å². The van der Waals surface area contributed by atoms with Gasteiger partial charge in [0.15, 0.2) is 0 Å². The standard InChI is InChI=1S/C14H19FN2O2/c1-10-7-13(14(17(18)19)8-12(10)15)16-9-11-5-3-2-4-6-11/h7-8,11,16H,2-6,9H2,1H3. The predicted molar refractivity (Wildman–Crippen MR) is 72.9 cm³/mol. The quantitative estimate of drug-likeness (QED) is 0.661. The Bertz CT molecular complexity index is 471. The highest BCUT2D eigenvalue weighted by Gasteiger charge is 2.19. The van der Waals surface area contributed by atoms with E-state index in [1.807, 2.05) is 0 Å². The molecule has 1 saturated carbocycles. The van der Waals surface area contributed by atoms with Crippen molar-refractivity contribution in [1.29, 1.82) is 0 Å². The van der Waals surface area contributed by atoms with Crippen LogP contribution < -0.4 is 5.32 Å². The van der Waals surface area contributed by atoms with Gasteiger partial charge in [-0.05, 0) is 37.3 Å². The maximum Gasteiger partial charge on any atom is 0.295 e. The second kappa shape index (κ2) is 5.99. The Labute approximate surface area is 112 Å². The molecule has 0 aromatic heterocycles. The number of nitro groups is 1. The van der Waals surface area contributed by atoms with Crippen LogP contribution >= 0.6 is 0 Å². The van der Waals surface area contributed by atoms with E-state index >= 15 is 0 Å². The fourth-order valence-electron chi connectivity index (χ4n) is 2.61. The van der Waals surface area contributed by atoms with Gasteiger partial charge in [-0.15, -0.1) is 0 Å². The molecule has 2 rings (SSSR count). The molecule has 0 saturated heterocycles. The molecule has 1 aliphatic rings. The number of nitro benzene ring substituents is 1. The number of nitrogens with zero attached hydrogens (tertiary/aromatic N) is 1. The minimum atomic E-state index is -0.536. The van der Waals surface area contributed by atoms with Crippen LogP contribution in [0.4, 0.5) is 15.8 Å². The van der Waals surface area contributed by atoms with Crippen LogP contribution in [0.1, 0.15) is 37.7 Å². The highest BCUT2D eigenvalue weighted by atomic mass is 19.1. The highest BCUT2D eigenvalue weighted by Crippen LogP contribution is 2.29. The molecule has 0 bridgehead atoms. The summed E-state index contributed by atoms with van der Waals surface area (Å²) in [5, 5.41) is 14.1. The van der Waals surface area contributed by atoms with E-state index in [2.05, 4.69) is 5.32 Å². The number of nitrogens with one attached hydrogen (secondary N) is 1. The zero-order valence-corrected chi connectivity index (χ0v) is 11.1. The molecular formula is C14H19FN2O2. The van der Waals surface area contributed by atoms with E-state index in [1.54, 1.807) is 6.92 Å². The Morgan fingerprint density at radius 1 is 1.37 bits per heavy atom. The van der Waals surface area contributed by atoms with E-state index in [-0.39, 0.29) is 5.69 Å². The Balaban J connectivity index is 2.09. The molecule has 0 atom stereocenters. The van der Waals surface area contributed by atoms with E-state index in [0.29, 0.717) is 17.2 Å². The third-order valence-corrected chi connectivity index (χ3v) is 3.78. The Morgan fingerprint density at radius 3 is 2.68 bits per heavy atom. The summed E-state index contributed by atoms with van der Waals surface area (Å²) >= 11 is 0. The average Bonchev–Trinajstić information content (AvgIpc) is 2.40. The second-order valence-corrected chi connectivity index (χ2v) is 5.26. The van der Waals surface area contributed by atoms with Gasteiger partial charge in [0.05, 0.1) is 11.0 Å². The van der Waals surface area contributed by atoms with Gasteiger partial charge in [0.2, 0.25) is 0 Å². The van der Waals surface area contributed by atoms with Gasteiger partial charge in [0.1, 0.15) is 11.5 Å². The molecular weight excluding hydrogens is 247 g/mol. The topological polar surface area (TPSA) is 55.2 Å². The molecule has 5 heteroatoms. The number of rotatable bonds is 4. The molecule has 0 radical (unpaired) electrons. The lowest BCUT2D eigenvalue weighted by atomic mass is 9.89. The van der Waals surface area contributed by atoms with Crippen molar-refractivity contribution in [3.8, 4) is 0 Å². The van der Waals surface area contributed by atoms with Crippen molar-refractivity contribution < 1.29 is 9.31 Å². The van der Waals surface area contributed by atoms with Crippen molar-refractivity contribution >= 4 is 11.4 Å². The summed E-state index contributed by atoms with van der Waals surface area (Å²) in [6, 6.07) is 2.52. The molecule has 1 aliphatic carbocycles. The van der Waals surface area contributed by atoms with Crippen LogP contribution in [0, 0.1) is 28.8 Å². The first-order chi connectivity index (χ1) is 9.08. The lowest BCUT2D eigenvalue weighted by molar-refractivity contribution is -0.384. The van der Waals surface area contributed by atoms with Crippen LogP contribution in [0.3, 0.4) is 0 Å². The van der Waals surface area contributed by atoms with Gasteiger partial charge in [-0.3, -0.25) is 10.1 Å². The summed E-state index contributed by atoms with van der Waals surface area (Å²) in [4.78, 5) is 10.4. The normalized spacial score (nSPS) is 16.3. The number of aryl methyl sites for hydroxylation is 1. The van der Waals surface area contributed by atoms with Gasteiger partial charge in [0.25, 0.3) is 5.69 Å². The fourth-order valence-corrected chi connectivity index (χ4v) is 2.61. The molecule has 0 amide bonds. The number of benzene rings is 1. The van der Waals surface area contributed by atoms with Crippen LogP contribution in [0.15, 0.2) is 12.1 Å². The fraction of sp³-hybridized carbons (Fsp3) is 0.571. The van der Waals surface area contributed by atoms with Crippen molar-refractivity contribution in [2.24, 2.45) is 5.92 Å². The third kappa shape index (κ3) is 3.43. The average molecular weight is 266 g/mol. The van der Waals surface area contributed by atoms with Crippen LogP contribution in [0.2, 0.25) is 0 Å². The number of anilines is 1. The number of hydrogen-bond acceptors (Lipinski definition) is 3. The lowest BCUT2D eigenvalue weighted by Gasteiger charge is -2.22. The minimum Gasteiger partial charge on any atom is -0.379 e. The summed E-state index contributed by atoms with van der Waals surface area (Å²) in [5.41, 5.74) is 0.671. The second-order valence-electron chi connectivity index (χ2n) is 5.26. The molecule has 0 aliphatic heterocycles. The first-order valence-electron chi connectivity index (χ1n) is 6.76. The van der Waals surface area contributed by atoms with E-state index in [0.717, 1.165) is 12.6 Å². The number of hydrogen-bond donors (Lipinski definition) is 1. The summed E-state index contributed by atoms with van der Waals surface area (Å²) in [6.45, 7) is 2.34. The summed E-state index contributed by atoms with van der Waals surface area (Å²) in [6.07, 6.45) is 6.09. The van der Waals surface area contributed by atoms with Crippen LogP contribution in [-0.2, 0) is 0 Å². The zero-order chi connectivity index (χ0) is 13.8. The Hall–Kier alpha value is -1.65. The van der Waals surface area contributed by atoms with Crippen molar-refractivity contribution in [3.63, 3.8) is 0 Å². The van der Waals surface area contributed by atoms with Gasteiger partial charge in [-0.25, -0.2) is 4.39 Å². The summed E-state index contributed by atoms with van der Waals surface area (Å²) < 4.78 is 13.4. The Kier molecular flexibility index (Phi) is 4.35. The molecule has 19 heavy (non-hydrogen) atoms. The van der Waals surface area contributed by atoms with E-state index < -0.39 is 10.7 Å². The largest absolute Gasteiger partial charge is 0.379 e. The van der Waals surface area contributed by atoms with Gasteiger partial charge >= 0.3 is 0 Å². The third-order valence-electron chi connectivity index (χ3n) is 3.78. The first-order valence-corrected chi connectivity index (χ1v) is 6.76. The monoisotopic (exact) mass is 266 g/mol. The van der Waals surface area contributed by atoms with Crippen LogP contribution in [0.25, 0.3) is 0 Å². The highest BCUT2D eigenvalue weighted by molar-refractivity contribution is 5.63. The SMILES string of the molecule is Cc1cc(NCC2CCCCC2)c([N+](=O)[O-])cc1F. The first kappa shape index (κ1) is 13.8. The minimum absolute atomic E-state index is 0.182. The van der Waals surface area contributed by atoms with Crippen molar-refractivity contribution in [1.82, 2.24) is 0 Å². The molecule has 1 N–H and O–H groups in total. The molecule has 104 valence electrons. The molecule has 0 unspecified atom stereocenters. The molecule has 1 aromatic carbocycles. The van der Waals surface area contributed by atoms with E-state index in [9.17, 15) is 14.5 Å². The van der Waals surface area contributed by atoms with Crippen molar-refractivity contribution in [3.05, 3.63) is 33.6 Å². The van der Waals surface area contributed by atoms with Crippen LogP contribution in [0.5, 0.6) is 0 Å². The molecule has 4 nitrogen and oxygen atoms in total. The van der Waals surface area contributed by atoms with Gasteiger partial charge < -0.3 is 5.32 Å². The molecule has 0 heterocycles. The predicted octanol–water partition coefficient (Wildman–Crippen LogP) is 4.03. The van der Waals surface area contributed by atoms with Gasteiger partial charge in [-0.1, -0.05) is 19.3 Å². The number of halogens is 1. The van der Waals surface area contributed by atoms with E-state index in [4.69, 9.17) is 0 Å². The lowest BCUT2D eigenvalue weighted by Crippen LogP contribution is -2.17. The van der Waals surface area contributed by atoms with Crippen molar-refractivity contribution in [2.45, 2.75) is 39.0 Å². The maximum absolute atomic E-state index is 13.4. The molecule has 0 spiro atoms. The Morgan fingerprint density at radius 2 is 2.05 bits per heavy atom. The van der Waals surface area contributed by atoms with Gasteiger partial charge in [0, 0.05) is 6.54 Å². The molecule has 1 fully saturated rings.